The highest BCUT2D eigenvalue weighted by Gasteiger charge is 2.34. The SMILES string of the molecule is C=C(C)OC(C)(C)CC(C)(C=CC)CSCC(C)(C)CC(C)(C)OC(C)=O. The third-order valence-electron chi connectivity index (χ3n) is 4.10. The Morgan fingerprint density at radius 3 is 1.89 bits per heavy atom. The van der Waals surface area contributed by atoms with Gasteiger partial charge in [0.05, 0.1) is 5.76 Å². The second kappa shape index (κ2) is 10.0. The lowest BCUT2D eigenvalue weighted by Crippen LogP contribution is -2.35. The van der Waals surface area contributed by atoms with E-state index >= 15 is 0 Å². The van der Waals surface area contributed by atoms with E-state index in [1.54, 1.807) is 0 Å². The van der Waals surface area contributed by atoms with Crippen LogP contribution in [0.15, 0.2) is 24.5 Å². The van der Waals surface area contributed by atoms with Crippen LogP contribution >= 0.6 is 11.8 Å². The summed E-state index contributed by atoms with van der Waals surface area (Å²) in [6.45, 7) is 24.3. The molecule has 0 aromatic rings. The Balaban J connectivity index is 4.91. The summed E-state index contributed by atoms with van der Waals surface area (Å²) in [5.41, 5.74) is -0.586. The predicted molar refractivity (Wildman–Crippen MR) is 119 cm³/mol. The van der Waals surface area contributed by atoms with Crippen molar-refractivity contribution in [1.29, 1.82) is 0 Å². The molecule has 158 valence electrons. The van der Waals surface area contributed by atoms with Crippen LogP contribution < -0.4 is 0 Å². The molecule has 0 N–H and O–H groups in total. The van der Waals surface area contributed by atoms with Crippen LogP contribution in [-0.4, -0.2) is 28.7 Å². The molecule has 0 aliphatic carbocycles. The summed E-state index contributed by atoms with van der Waals surface area (Å²) in [4.78, 5) is 11.3. The normalized spacial score (nSPS) is 15.5. The summed E-state index contributed by atoms with van der Waals surface area (Å²) in [5.74, 6) is 2.55. The van der Waals surface area contributed by atoms with Crippen molar-refractivity contribution in [2.45, 2.75) is 93.3 Å². The summed E-state index contributed by atoms with van der Waals surface area (Å²) in [6, 6.07) is 0. The summed E-state index contributed by atoms with van der Waals surface area (Å²) in [7, 11) is 0. The zero-order valence-electron chi connectivity index (χ0n) is 19.3. The highest BCUT2D eigenvalue weighted by atomic mass is 32.2. The number of ether oxygens (including phenoxy) is 2. The topological polar surface area (TPSA) is 35.5 Å². The molecule has 0 amide bonds. The van der Waals surface area contributed by atoms with Crippen molar-refractivity contribution in [3.8, 4) is 0 Å². The summed E-state index contributed by atoms with van der Waals surface area (Å²) >= 11 is 1.96. The maximum Gasteiger partial charge on any atom is 0.303 e. The van der Waals surface area contributed by atoms with Gasteiger partial charge in [0.2, 0.25) is 0 Å². The monoisotopic (exact) mass is 398 g/mol. The minimum absolute atomic E-state index is 0.0415. The zero-order chi connectivity index (χ0) is 21.5. The second-order valence-corrected chi connectivity index (χ2v) is 11.1. The smallest absolute Gasteiger partial charge is 0.303 e. The Hall–Kier alpha value is -0.900. The zero-order valence-corrected chi connectivity index (χ0v) is 20.1. The Bertz CT molecular complexity index is 532. The first-order valence-corrected chi connectivity index (χ1v) is 10.9. The van der Waals surface area contributed by atoms with E-state index in [0.29, 0.717) is 0 Å². The number of esters is 1. The van der Waals surface area contributed by atoms with E-state index in [-0.39, 0.29) is 22.4 Å². The molecule has 1 unspecified atom stereocenters. The van der Waals surface area contributed by atoms with Crippen LogP contribution in [-0.2, 0) is 14.3 Å². The largest absolute Gasteiger partial charge is 0.493 e. The Morgan fingerprint density at radius 1 is 0.926 bits per heavy atom. The van der Waals surface area contributed by atoms with Gasteiger partial charge in [-0.15, -0.1) is 0 Å². The average molecular weight is 399 g/mol. The molecule has 0 saturated heterocycles. The number of hydrogen-bond donors (Lipinski definition) is 0. The molecule has 0 bridgehead atoms. The molecule has 0 aromatic heterocycles. The summed E-state index contributed by atoms with van der Waals surface area (Å²) < 4.78 is 11.4. The lowest BCUT2D eigenvalue weighted by molar-refractivity contribution is -0.155. The van der Waals surface area contributed by atoms with E-state index in [9.17, 15) is 4.79 Å². The van der Waals surface area contributed by atoms with E-state index in [4.69, 9.17) is 9.47 Å². The second-order valence-electron chi connectivity index (χ2n) is 10.1. The van der Waals surface area contributed by atoms with E-state index in [0.717, 1.165) is 30.1 Å². The van der Waals surface area contributed by atoms with Gasteiger partial charge >= 0.3 is 5.97 Å². The summed E-state index contributed by atoms with van der Waals surface area (Å²) in [6.07, 6.45) is 6.17. The van der Waals surface area contributed by atoms with Crippen LogP contribution in [0.25, 0.3) is 0 Å². The highest BCUT2D eigenvalue weighted by molar-refractivity contribution is 7.99. The first kappa shape index (κ1) is 26.1. The van der Waals surface area contributed by atoms with E-state index < -0.39 is 5.60 Å². The van der Waals surface area contributed by atoms with Gasteiger partial charge in [-0.2, -0.15) is 11.8 Å². The standard InChI is InChI=1S/C23H42O3S/c1-12-13-23(11,15-22(9,10)25-18(2)3)17-27-16-20(5,6)14-21(7,8)26-19(4)24/h12-13H,2,14-17H2,1,3-11H3. The van der Waals surface area contributed by atoms with Crippen molar-refractivity contribution in [3.63, 3.8) is 0 Å². The molecule has 0 aliphatic heterocycles. The Morgan fingerprint density at radius 2 is 1.44 bits per heavy atom. The van der Waals surface area contributed by atoms with Crippen LogP contribution in [0.5, 0.6) is 0 Å². The van der Waals surface area contributed by atoms with Crippen molar-refractivity contribution >= 4 is 17.7 Å². The molecule has 0 heterocycles. The third-order valence-corrected chi connectivity index (χ3v) is 5.95. The molecule has 3 nitrogen and oxygen atoms in total. The number of hydrogen-bond acceptors (Lipinski definition) is 4. The van der Waals surface area contributed by atoms with Crippen molar-refractivity contribution in [2.24, 2.45) is 10.8 Å². The van der Waals surface area contributed by atoms with Crippen LogP contribution in [0.3, 0.4) is 0 Å². The fraction of sp³-hybridized carbons (Fsp3) is 0.783. The van der Waals surface area contributed by atoms with Crippen LogP contribution in [0.4, 0.5) is 0 Å². The van der Waals surface area contributed by atoms with Gasteiger partial charge in [0.1, 0.15) is 11.2 Å². The molecule has 4 heteroatoms. The van der Waals surface area contributed by atoms with Gasteiger partial charge in [-0.1, -0.05) is 39.5 Å². The van der Waals surface area contributed by atoms with Gasteiger partial charge in [-0.05, 0) is 71.0 Å². The molecular weight excluding hydrogens is 356 g/mol. The first-order valence-electron chi connectivity index (χ1n) is 9.77. The predicted octanol–water partition coefficient (Wildman–Crippen LogP) is 6.78. The van der Waals surface area contributed by atoms with E-state index in [2.05, 4.69) is 60.3 Å². The third kappa shape index (κ3) is 12.2. The minimum Gasteiger partial charge on any atom is -0.493 e. The Labute approximate surface area is 172 Å². The number of carbonyl (C=O) groups is 1. The van der Waals surface area contributed by atoms with Gasteiger partial charge in [-0.3, -0.25) is 4.79 Å². The molecule has 0 aromatic carbocycles. The molecule has 1 atom stereocenters. The lowest BCUT2D eigenvalue weighted by atomic mass is 9.81. The van der Waals surface area contributed by atoms with Crippen molar-refractivity contribution in [2.75, 3.05) is 11.5 Å². The molecule has 0 saturated carbocycles. The average Bonchev–Trinajstić information content (AvgIpc) is 2.31. The van der Waals surface area contributed by atoms with Crippen LogP contribution in [0.2, 0.25) is 0 Å². The number of allylic oxidation sites excluding steroid dienone is 3. The molecule has 27 heavy (non-hydrogen) atoms. The molecule has 0 aliphatic rings. The molecule has 0 fully saturated rings. The maximum atomic E-state index is 11.3. The number of rotatable bonds is 12. The Kier molecular flexibility index (Phi) is 9.71. The first-order chi connectivity index (χ1) is 12.0. The lowest BCUT2D eigenvalue weighted by Gasteiger charge is -2.38. The molecule has 0 spiro atoms. The van der Waals surface area contributed by atoms with Crippen LogP contribution in [0.1, 0.15) is 82.1 Å². The van der Waals surface area contributed by atoms with Gasteiger partial charge in [0, 0.05) is 12.7 Å². The molecule has 0 rings (SSSR count). The summed E-state index contributed by atoms with van der Waals surface area (Å²) in [5, 5.41) is 0. The molecule has 0 radical (unpaired) electrons. The maximum absolute atomic E-state index is 11.3. The van der Waals surface area contributed by atoms with Crippen molar-refractivity contribution in [3.05, 3.63) is 24.5 Å². The number of carbonyl (C=O) groups excluding carboxylic acids is 1. The van der Waals surface area contributed by atoms with E-state index in [1.165, 1.54) is 6.92 Å². The van der Waals surface area contributed by atoms with Gasteiger partial charge < -0.3 is 9.47 Å². The fourth-order valence-electron chi connectivity index (χ4n) is 4.23. The quantitative estimate of drug-likeness (QED) is 0.206. The molecular formula is C23H42O3S. The fourth-order valence-corrected chi connectivity index (χ4v) is 5.65. The van der Waals surface area contributed by atoms with Crippen LogP contribution in [0, 0.1) is 10.8 Å². The minimum atomic E-state index is -0.445. The van der Waals surface area contributed by atoms with E-state index in [1.807, 2.05) is 32.5 Å². The number of thioether (sulfide) groups is 1. The van der Waals surface area contributed by atoms with Gasteiger partial charge in [0.15, 0.2) is 0 Å². The van der Waals surface area contributed by atoms with Gasteiger partial charge in [-0.25, -0.2) is 0 Å². The van der Waals surface area contributed by atoms with Crippen molar-refractivity contribution < 1.29 is 14.3 Å². The highest BCUT2D eigenvalue weighted by Crippen LogP contribution is 2.39. The van der Waals surface area contributed by atoms with Crippen molar-refractivity contribution in [1.82, 2.24) is 0 Å². The van der Waals surface area contributed by atoms with Gasteiger partial charge in [0.25, 0.3) is 0 Å².